The van der Waals surface area contributed by atoms with Crippen LogP contribution in [-0.2, 0) is 10.2 Å². The SMILES string of the molecule is CN(CC(=N)N)S(N)(=O)=O. The third kappa shape index (κ3) is 3.38. The molecule has 0 saturated heterocycles. The van der Waals surface area contributed by atoms with Gasteiger partial charge in [0.25, 0.3) is 10.2 Å². The van der Waals surface area contributed by atoms with E-state index in [1.165, 1.54) is 7.05 Å². The standard InChI is InChI=1S/C3H10N4O2S/c1-7(2-3(4)5)10(6,8)9/h2H2,1H3,(H3,4,5)(H2,6,8,9). The van der Waals surface area contributed by atoms with Crippen molar-refractivity contribution in [2.75, 3.05) is 13.6 Å². The van der Waals surface area contributed by atoms with Crippen molar-refractivity contribution >= 4 is 16.0 Å². The molecule has 5 N–H and O–H groups in total. The van der Waals surface area contributed by atoms with E-state index < -0.39 is 10.2 Å². The predicted molar refractivity (Wildman–Crippen MR) is 37.7 cm³/mol. The van der Waals surface area contributed by atoms with Crippen molar-refractivity contribution in [3.63, 3.8) is 0 Å². The van der Waals surface area contributed by atoms with Crippen molar-refractivity contribution in [3.05, 3.63) is 0 Å². The van der Waals surface area contributed by atoms with Gasteiger partial charge in [-0.15, -0.1) is 0 Å². The molecule has 60 valence electrons. The van der Waals surface area contributed by atoms with Crippen LogP contribution in [0.25, 0.3) is 0 Å². The first-order valence-electron chi connectivity index (χ1n) is 2.41. The second kappa shape index (κ2) is 2.95. The Labute approximate surface area is 59.5 Å². The molecule has 0 aromatic heterocycles. The van der Waals surface area contributed by atoms with Crippen molar-refractivity contribution in [1.82, 2.24) is 4.31 Å². The van der Waals surface area contributed by atoms with Crippen molar-refractivity contribution in [1.29, 1.82) is 5.41 Å². The largest absolute Gasteiger partial charge is 0.387 e. The van der Waals surface area contributed by atoms with E-state index in [0.29, 0.717) is 0 Å². The van der Waals surface area contributed by atoms with Gasteiger partial charge in [-0.1, -0.05) is 0 Å². The fourth-order valence-electron chi connectivity index (χ4n) is 0.330. The van der Waals surface area contributed by atoms with E-state index in [-0.39, 0.29) is 12.4 Å². The van der Waals surface area contributed by atoms with Gasteiger partial charge in [0, 0.05) is 7.05 Å². The van der Waals surface area contributed by atoms with E-state index in [1.54, 1.807) is 0 Å². The number of nitrogens with one attached hydrogen (secondary N) is 1. The summed E-state index contributed by atoms with van der Waals surface area (Å²) in [6.45, 7) is -0.168. The Morgan fingerprint density at radius 2 is 2.10 bits per heavy atom. The van der Waals surface area contributed by atoms with Gasteiger partial charge in [0.15, 0.2) is 0 Å². The van der Waals surface area contributed by atoms with E-state index in [1.807, 2.05) is 0 Å². The molecule has 0 atom stereocenters. The van der Waals surface area contributed by atoms with Gasteiger partial charge in [0.2, 0.25) is 0 Å². The highest BCUT2D eigenvalue weighted by Crippen LogP contribution is 1.85. The molecule has 0 aliphatic heterocycles. The second-order valence-corrected chi connectivity index (χ2v) is 3.48. The average molecular weight is 166 g/mol. The Morgan fingerprint density at radius 1 is 1.70 bits per heavy atom. The van der Waals surface area contributed by atoms with Crippen LogP contribution in [0.4, 0.5) is 0 Å². The quantitative estimate of drug-likeness (QED) is 0.334. The highest BCUT2D eigenvalue weighted by Gasteiger charge is 2.11. The van der Waals surface area contributed by atoms with E-state index in [0.717, 1.165) is 4.31 Å². The molecule has 7 heteroatoms. The first kappa shape index (κ1) is 9.34. The lowest BCUT2D eigenvalue weighted by Gasteiger charge is -2.10. The van der Waals surface area contributed by atoms with Crippen molar-refractivity contribution in [2.24, 2.45) is 10.9 Å². The maximum Gasteiger partial charge on any atom is 0.277 e. The normalized spacial score (nSPS) is 11.9. The fraction of sp³-hybridized carbons (Fsp3) is 0.667. The van der Waals surface area contributed by atoms with Gasteiger partial charge in [-0.05, 0) is 0 Å². The first-order chi connectivity index (χ1) is 4.34. The van der Waals surface area contributed by atoms with E-state index in [2.05, 4.69) is 5.14 Å². The van der Waals surface area contributed by atoms with Crippen LogP contribution in [0.15, 0.2) is 0 Å². The van der Waals surface area contributed by atoms with Crippen LogP contribution in [0, 0.1) is 5.41 Å². The molecular weight excluding hydrogens is 156 g/mol. The van der Waals surface area contributed by atoms with E-state index in [4.69, 9.17) is 11.1 Å². The molecule has 0 aliphatic carbocycles. The van der Waals surface area contributed by atoms with Gasteiger partial charge in [-0.2, -0.15) is 12.7 Å². The lowest BCUT2D eigenvalue weighted by atomic mass is 10.6. The molecule has 0 aromatic carbocycles. The van der Waals surface area contributed by atoms with Gasteiger partial charge < -0.3 is 5.73 Å². The number of nitrogens with two attached hydrogens (primary N) is 2. The summed E-state index contributed by atoms with van der Waals surface area (Å²) in [5, 5.41) is 11.4. The Balaban J connectivity index is 4.12. The van der Waals surface area contributed by atoms with Crippen LogP contribution in [0.3, 0.4) is 0 Å². The highest BCUT2D eigenvalue weighted by atomic mass is 32.2. The zero-order chi connectivity index (χ0) is 8.36. The molecule has 0 heterocycles. The summed E-state index contributed by atoms with van der Waals surface area (Å²) >= 11 is 0. The number of likely N-dealkylation sites (N-methyl/N-ethyl adjacent to an activating group) is 1. The van der Waals surface area contributed by atoms with Crippen LogP contribution in [-0.4, -0.2) is 32.2 Å². The van der Waals surface area contributed by atoms with Gasteiger partial charge in [-0.25, -0.2) is 5.14 Å². The molecule has 0 rings (SSSR count). The van der Waals surface area contributed by atoms with Gasteiger partial charge in [0.05, 0.1) is 6.54 Å². The number of rotatable bonds is 3. The van der Waals surface area contributed by atoms with E-state index >= 15 is 0 Å². The molecule has 0 saturated carbocycles. The molecule has 0 radical (unpaired) electrons. The predicted octanol–water partition coefficient (Wildman–Crippen LogP) is -1.94. The summed E-state index contributed by atoms with van der Waals surface area (Å²) in [7, 11) is -2.44. The molecule has 0 unspecified atom stereocenters. The van der Waals surface area contributed by atoms with Crippen LogP contribution < -0.4 is 10.9 Å². The lowest BCUT2D eigenvalue weighted by Crippen LogP contribution is -2.39. The number of hydrogen-bond donors (Lipinski definition) is 3. The monoisotopic (exact) mass is 166 g/mol. The smallest absolute Gasteiger partial charge is 0.277 e. The van der Waals surface area contributed by atoms with Crippen LogP contribution in [0.2, 0.25) is 0 Å². The molecule has 6 nitrogen and oxygen atoms in total. The second-order valence-electron chi connectivity index (χ2n) is 1.83. The maximum absolute atomic E-state index is 10.4. The zero-order valence-corrected chi connectivity index (χ0v) is 6.35. The van der Waals surface area contributed by atoms with Crippen LogP contribution >= 0.6 is 0 Å². The molecule has 0 aliphatic rings. The third-order valence-corrected chi connectivity index (χ3v) is 1.83. The van der Waals surface area contributed by atoms with Gasteiger partial charge >= 0.3 is 0 Å². The van der Waals surface area contributed by atoms with Gasteiger partial charge in [0.1, 0.15) is 5.84 Å². The molecule has 0 aromatic rings. The number of nitrogens with zero attached hydrogens (tertiary/aromatic N) is 1. The summed E-state index contributed by atoms with van der Waals surface area (Å²) in [5.41, 5.74) is 4.91. The van der Waals surface area contributed by atoms with Crippen LogP contribution in [0.1, 0.15) is 0 Å². The molecule has 0 amide bonds. The molecule has 10 heavy (non-hydrogen) atoms. The Bertz CT molecular complexity index is 221. The molecule has 0 spiro atoms. The van der Waals surface area contributed by atoms with Crippen LogP contribution in [0.5, 0.6) is 0 Å². The minimum atomic E-state index is -3.69. The molecule has 0 bridgehead atoms. The van der Waals surface area contributed by atoms with Crippen molar-refractivity contribution in [2.45, 2.75) is 0 Å². The molecule has 0 fully saturated rings. The number of amidine groups is 1. The maximum atomic E-state index is 10.4. The third-order valence-electron chi connectivity index (χ3n) is 0.827. The lowest BCUT2D eigenvalue weighted by molar-refractivity contribution is 0.506. The minimum Gasteiger partial charge on any atom is -0.387 e. The van der Waals surface area contributed by atoms with E-state index in [9.17, 15) is 8.42 Å². The summed E-state index contributed by atoms with van der Waals surface area (Å²) in [6, 6.07) is 0. The summed E-state index contributed by atoms with van der Waals surface area (Å²) in [5.74, 6) is -0.239. The summed E-state index contributed by atoms with van der Waals surface area (Å²) in [6.07, 6.45) is 0. The fourth-order valence-corrected chi connectivity index (χ4v) is 0.649. The Morgan fingerprint density at radius 3 is 2.20 bits per heavy atom. The summed E-state index contributed by atoms with van der Waals surface area (Å²) in [4.78, 5) is 0. The zero-order valence-electron chi connectivity index (χ0n) is 5.53. The van der Waals surface area contributed by atoms with Crippen molar-refractivity contribution in [3.8, 4) is 0 Å². The van der Waals surface area contributed by atoms with Crippen molar-refractivity contribution < 1.29 is 8.42 Å². The topological polar surface area (TPSA) is 113 Å². The highest BCUT2D eigenvalue weighted by molar-refractivity contribution is 7.86. The minimum absolute atomic E-state index is 0.168. The average Bonchev–Trinajstić information content (AvgIpc) is 1.60. The Kier molecular flexibility index (Phi) is 2.76. The molecular formula is C3H10N4O2S. The Hall–Kier alpha value is -0.660. The number of hydrogen-bond acceptors (Lipinski definition) is 3. The van der Waals surface area contributed by atoms with Gasteiger partial charge in [-0.3, -0.25) is 5.41 Å². The first-order valence-corrected chi connectivity index (χ1v) is 3.91. The summed E-state index contributed by atoms with van der Waals surface area (Å²) < 4.78 is 21.6.